The highest BCUT2D eigenvalue weighted by Gasteiger charge is 2.25. The van der Waals surface area contributed by atoms with Crippen molar-refractivity contribution in [3.8, 4) is 6.07 Å². The maximum absolute atomic E-state index is 12.4. The molecule has 1 aromatic rings. The SMILES string of the molecule is N#CCCSc1ccc(S(=O)(=O)N2CCCCC2)cn1. The van der Waals surface area contributed by atoms with Gasteiger partial charge in [0, 0.05) is 31.5 Å². The zero-order valence-electron chi connectivity index (χ0n) is 11.2. The molecule has 7 heteroatoms. The first-order valence-corrected chi connectivity index (χ1v) is 9.03. The normalized spacial score (nSPS) is 16.8. The lowest BCUT2D eigenvalue weighted by Crippen LogP contribution is -2.35. The number of nitriles is 1. The van der Waals surface area contributed by atoms with Gasteiger partial charge in [-0.3, -0.25) is 0 Å². The van der Waals surface area contributed by atoms with Crippen molar-refractivity contribution in [1.82, 2.24) is 9.29 Å². The molecule has 1 aliphatic rings. The highest BCUT2D eigenvalue weighted by molar-refractivity contribution is 7.99. The zero-order valence-corrected chi connectivity index (χ0v) is 12.8. The second kappa shape index (κ2) is 7.07. The molecular formula is C13H17N3O2S2. The summed E-state index contributed by atoms with van der Waals surface area (Å²) in [5, 5.41) is 9.22. The van der Waals surface area contributed by atoms with E-state index in [0.717, 1.165) is 24.3 Å². The van der Waals surface area contributed by atoms with Crippen LogP contribution in [0.5, 0.6) is 0 Å². The topological polar surface area (TPSA) is 74.1 Å². The summed E-state index contributed by atoms with van der Waals surface area (Å²) >= 11 is 1.46. The molecule has 1 aliphatic heterocycles. The molecule has 0 aromatic carbocycles. The van der Waals surface area contributed by atoms with E-state index in [1.807, 2.05) is 0 Å². The number of rotatable bonds is 5. The first kappa shape index (κ1) is 15.3. The van der Waals surface area contributed by atoms with E-state index in [4.69, 9.17) is 5.26 Å². The lowest BCUT2D eigenvalue weighted by atomic mass is 10.2. The fraction of sp³-hybridized carbons (Fsp3) is 0.538. The van der Waals surface area contributed by atoms with Gasteiger partial charge >= 0.3 is 0 Å². The summed E-state index contributed by atoms with van der Waals surface area (Å²) in [7, 11) is -3.39. The molecule has 0 aliphatic carbocycles. The van der Waals surface area contributed by atoms with Crippen molar-refractivity contribution in [2.75, 3.05) is 18.8 Å². The summed E-state index contributed by atoms with van der Waals surface area (Å²) < 4.78 is 26.3. The summed E-state index contributed by atoms with van der Waals surface area (Å²) in [4.78, 5) is 4.41. The fourth-order valence-electron chi connectivity index (χ4n) is 2.06. The zero-order chi connectivity index (χ0) is 14.4. The van der Waals surface area contributed by atoms with Crippen molar-refractivity contribution in [3.05, 3.63) is 18.3 Å². The van der Waals surface area contributed by atoms with Gasteiger partial charge in [0.15, 0.2) is 0 Å². The van der Waals surface area contributed by atoms with Gasteiger partial charge in [-0.2, -0.15) is 9.57 Å². The van der Waals surface area contributed by atoms with E-state index in [1.165, 1.54) is 22.3 Å². The minimum atomic E-state index is -3.39. The molecule has 0 N–H and O–H groups in total. The van der Waals surface area contributed by atoms with Gasteiger partial charge in [0.05, 0.1) is 11.1 Å². The Balaban J connectivity index is 2.06. The lowest BCUT2D eigenvalue weighted by molar-refractivity contribution is 0.346. The number of aromatic nitrogens is 1. The Bertz CT molecular complexity index is 573. The maximum Gasteiger partial charge on any atom is 0.244 e. The van der Waals surface area contributed by atoms with Gasteiger partial charge in [-0.15, -0.1) is 11.8 Å². The van der Waals surface area contributed by atoms with Crippen LogP contribution in [0.15, 0.2) is 28.3 Å². The molecular weight excluding hydrogens is 294 g/mol. The summed E-state index contributed by atoms with van der Waals surface area (Å²) in [6, 6.07) is 5.38. The van der Waals surface area contributed by atoms with Gasteiger partial charge in [0.25, 0.3) is 0 Å². The molecule has 1 aromatic heterocycles. The van der Waals surface area contributed by atoms with Crippen LogP contribution in [0.3, 0.4) is 0 Å². The van der Waals surface area contributed by atoms with Gasteiger partial charge < -0.3 is 0 Å². The van der Waals surface area contributed by atoms with Gasteiger partial charge in [-0.1, -0.05) is 6.42 Å². The third kappa shape index (κ3) is 3.72. The van der Waals surface area contributed by atoms with Crippen molar-refractivity contribution in [3.63, 3.8) is 0 Å². The van der Waals surface area contributed by atoms with Crippen molar-refractivity contribution in [2.24, 2.45) is 0 Å². The number of piperidine rings is 1. The molecule has 0 atom stereocenters. The molecule has 108 valence electrons. The number of hydrogen-bond acceptors (Lipinski definition) is 5. The predicted octanol–water partition coefficient (Wildman–Crippen LogP) is 2.26. The molecule has 5 nitrogen and oxygen atoms in total. The van der Waals surface area contributed by atoms with E-state index in [0.29, 0.717) is 25.3 Å². The summed E-state index contributed by atoms with van der Waals surface area (Å²) in [6.07, 6.45) is 4.82. The summed E-state index contributed by atoms with van der Waals surface area (Å²) in [5.41, 5.74) is 0. The van der Waals surface area contributed by atoms with Gasteiger partial charge in [-0.05, 0) is 25.0 Å². The van der Waals surface area contributed by atoms with Crippen LogP contribution in [0.1, 0.15) is 25.7 Å². The van der Waals surface area contributed by atoms with Gasteiger partial charge in [0.1, 0.15) is 4.90 Å². The highest BCUT2D eigenvalue weighted by atomic mass is 32.2. The van der Waals surface area contributed by atoms with Crippen molar-refractivity contribution >= 4 is 21.8 Å². The van der Waals surface area contributed by atoms with Crippen LogP contribution < -0.4 is 0 Å². The first-order chi connectivity index (χ1) is 9.64. The molecule has 2 rings (SSSR count). The monoisotopic (exact) mass is 311 g/mol. The predicted molar refractivity (Wildman–Crippen MR) is 77.8 cm³/mol. The van der Waals surface area contributed by atoms with Crippen LogP contribution in [0.4, 0.5) is 0 Å². The molecule has 0 saturated carbocycles. The Hall–Kier alpha value is -1.10. The van der Waals surface area contributed by atoms with E-state index in [2.05, 4.69) is 11.1 Å². The average Bonchev–Trinajstić information content (AvgIpc) is 2.49. The Morgan fingerprint density at radius 3 is 2.65 bits per heavy atom. The van der Waals surface area contributed by atoms with Crippen molar-refractivity contribution in [2.45, 2.75) is 35.6 Å². The van der Waals surface area contributed by atoms with Gasteiger partial charge in [0.2, 0.25) is 10.0 Å². The summed E-state index contributed by atoms with van der Waals surface area (Å²) in [6.45, 7) is 1.20. The molecule has 0 spiro atoms. The van der Waals surface area contributed by atoms with Crippen LogP contribution >= 0.6 is 11.8 Å². The van der Waals surface area contributed by atoms with Crippen molar-refractivity contribution in [1.29, 1.82) is 5.26 Å². The number of thioether (sulfide) groups is 1. The number of sulfonamides is 1. The highest BCUT2D eigenvalue weighted by Crippen LogP contribution is 2.22. The summed E-state index contributed by atoms with van der Waals surface area (Å²) in [5.74, 6) is 0.668. The second-order valence-electron chi connectivity index (χ2n) is 4.55. The smallest absolute Gasteiger partial charge is 0.244 e. The average molecular weight is 311 g/mol. The molecule has 20 heavy (non-hydrogen) atoms. The third-order valence-corrected chi connectivity index (χ3v) is 5.95. The Morgan fingerprint density at radius 1 is 1.30 bits per heavy atom. The standard InChI is InChI=1S/C13H17N3O2S2/c14-7-4-10-19-13-6-5-12(11-15-13)20(17,18)16-8-2-1-3-9-16/h5-6,11H,1-4,8-10H2. The number of pyridine rings is 1. The minimum absolute atomic E-state index is 0.254. The molecule has 2 heterocycles. The quantitative estimate of drug-likeness (QED) is 0.616. The Kier molecular flexibility index (Phi) is 5.40. The van der Waals surface area contributed by atoms with Crippen LogP contribution in [0, 0.1) is 11.3 Å². The first-order valence-electron chi connectivity index (χ1n) is 6.60. The van der Waals surface area contributed by atoms with Crippen LogP contribution in [-0.4, -0.2) is 36.5 Å². The molecule has 0 radical (unpaired) electrons. The fourth-order valence-corrected chi connectivity index (χ4v) is 4.22. The Labute approximate surface area is 124 Å². The molecule has 1 fully saturated rings. The van der Waals surface area contributed by atoms with E-state index in [-0.39, 0.29) is 4.90 Å². The van der Waals surface area contributed by atoms with E-state index < -0.39 is 10.0 Å². The Morgan fingerprint density at radius 2 is 2.05 bits per heavy atom. The number of hydrogen-bond donors (Lipinski definition) is 0. The van der Waals surface area contributed by atoms with Crippen LogP contribution in [0.25, 0.3) is 0 Å². The largest absolute Gasteiger partial charge is 0.249 e. The number of nitrogens with zero attached hydrogens (tertiary/aromatic N) is 3. The van der Waals surface area contributed by atoms with Crippen LogP contribution in [-0.2, 0) is 10.0 Å². The van der Waals surface area contributed by atoms with Crippen LogP contribution in [0.2, 0.25) is 0 Å². The molecule has 1 saturated heterocycles. The minimum Gasteiger partial charge on any atom is -0.249 e. The van der Waals surface area contributed by atoms with E-state index in [1.54, 1.807) is 12.1 Å². The maximum atomic E-state index is 12.4. The molecule has 0 amide bonds. The van der Waals surface area contributed by atoms with Gasteiger partial charge in [-0.25, -0.2) is 13.4 Å². The lowest BCUT2D eigenvalue weighted by Gasteiger charge is -2.25. The molecule has 0 unspecified atom stereocenters. The second-order valence-corrected chi connectivity index (χ2v) is 7.61. The van der Waals surface area contributed by atoms with E-state index >= 15 is 0 Å². The van der Waals surface area contributed by atoms with Crippen molar-refractivity contribution < 1.29 is 8.42 Å². The third-order valence-electron chi connectivity index (χ3n) is 3.13. The molecule has 0 bridgehead atoms. The van der Waals surface area contributed by atoms with E-state index in [9.17, 15) is 8.42 Å².